The van der Waals surface area contributed by atoms with Crippen molar-refractivity contribution in [2.75, 3.05) is 6.61 Å². The molecule has 8 heteroatoms. The summed E-state index contributed by atoms with van der Waals surface area (Å²) in [4.78, 5) is 35.0. The molecule has 0 aliphatic carbocycles. The minimum Gasteiger partial charge on any atom is -0.492 e. The third-order valence-corrected chi connectivity index (χ3v) is 3.46. The smallest absolute Gasteiger partial charge is 0.327 e. The Morgan fingerprint density at radius 1 is 1.22 bits per heavy atom. The number of rotatable bonds is 2. The third kappa shape index (κ3) is 4.59. The average molecular weight is 340 g/mol. The molecular weight excluding hydrogens is 322 g/mol. The van der Waals surface area contributed by atoms with E-state index in [0.29, 0.717) is 17.2 Å². The summed E-state index contributed by atoms with van der Waals surface area (Å²) >= 11 is 5.93. The van der Waals surface area contributed by atoms with Gasteiger partial charge in [0.1, 0.15) is 12.4 Å². The van der Waals surface area contributed by atoms with Crippen LogP contribution in [0, 0.1) is 5.92 Å². The lowest BCUT2D eigenvalue weighted by molar-refractivity contribution is -0.141. The molecule has 124 valence electrons. The van der Waals surface area contributed by atoms with Crippen molar-refractivity contribution in [2.45, 2.75) is 26.3 Å². The molecule has 0 radical (unpaired) electrons. The van der Waals surface area contributed by atoms with Crippen molar-refractivity contribution in [1.82, 2.24) is 16.2 Å². The van der Waals surface area contributed by atoms with Gasteiger partial charge in [-0.15, -0.1) is 0 Å². The molecule has 1 aromatic rings. The molecular formula is C15H18ClN3O4. The Hall–Kier alpha value is -2.28. The fourth-order valence-electron chi connectivity index (χ4n) is 2.14. The van der Waals surface area contributed by atoms with Gasteiger partial charge in [0, 0.05) is 11.1 Å². The monoisotopic (exact) mass is 339 g/mol. The molecule has 1 aliphatic heterocycles. The van der Waals surface area contributed by atoms with Crippen molar-refractivity contribution in [2.24, 2.45) is 5.92 Å². The second kappa shape index (κ2) is 7.32. The molecule has 0 spiro atoms. The molecule has 7 nitrogen and oxygen atoms in total. The van der Waals surface area contributed by atoms with E-state index in [1.165, 1.54) is 0 Å². The minimum atomic E-state index is -0.924. The second-order valence-electron chi connectivity index (χ2n) is 5.54. The van der Waals surface area contributed by atoms with Crippen molar-refractivity contribution in [3.8, 4) is 5.75 Å². The lowest BCUT2D eigenvalue weighted by Crippen LogP contribution is -2.52. The highest BCUT2D eigenvalue weighted by molar-refractivity contribution is 6.35. The Balaban J connectivity index is 1.87. The van der Waals surface area contributed by atoms with Gasteiger partial charge < -0.3 is 10.1 Å². The van der Waals surface area contributed by atoms with E-state index in [9.17, 15) is 14.4 Å². The van der Waals surface area contributed by atoms with Gasteiger partial charge in [0.05, 0.1) is 5.92 Å². The van der Waals surface area contributed by atoms with Crippen molar-refractivity contribution in [1.29, 1.82) is 0 Å². The summed E-state index contributed by atoms with van der Waals surface area (Å²) < 4.78 is 5.51. The lowest BCUT2D eigenvalue weighted by atomic mass is 9.96. The number of amides is 3. The molecule has 0 saturated heterocycles. The number of hydrogen-bond donors (Lipinski definition) is 3. The molecule has 0 bridgehead atoms. The van der Waals surface area contributed by atoms with Crippen LogP contribution in [0.15, 0.2) is 18.2 Å². The number of hydrazine groups is 1. The molecule has 0 unspecified atom stereocenters. The number of hydrogen-bond acceptors (Lipinski definition) is 4. The molecule has 0 aromatic heterocycles. The maximum atomic E-state index is 12.1. The van der Waals surface area contributed by atoms with Crippen LogP contribution >= 0.6 is 11.6 Å². The van der Waals surface area contributed by atoms with E-state index in [1.54, 1.807) is 32.0 Å². The van der Waals surface area contributed by atoms with E-state index in [1.807, 2.05) is 0 Å². The first-order valence-electron chi connectivity index (χ1n) is 7.18. The molecule has 1 atom stereocenters. The number of ether oxygens (including phenoxy) is 1. The van der Waals surface area contributed by atoms with Gasteiger partial charge in [-0.3, -0.25) is 25.2 Å². The Morgan fingerprint density at radius 2 is 1.96 bits per heavy atom. The maximum absolute atomic E-state index is 12.1. The molecule has 3 amide bonds. The normalized spacial score (nSPS) is 16.1. The van der Waals surface area contributed by atoms with Crippen LogP contribution in [0.4, 0.5) is 0 Å². The molecule has 1 aliphatic rings. The SMILES string of the molecule is CC(C)NC(=O)C(=O)NNC(=O)[C@@H]1COc2ccc(Cl)cc2C1. The van der Waals surface area contributed by atoms with Crippen LogP contribution in [-0.4, -0.2) is 30.4 Å². The summed E-state index contributed by atoms with van der Waals surface area (Å²) in [6.07, 6.45) is 0.440. The minimum absolute atomic E-state index is 0.169. The summed E-state index contributed by atoms with van der Waals surface area (Å²) in [5.74, 6) is -1.95. The Morgan fingerprint density at radius 3 is 2.65 bits per heavy atom. The van der Waals surface area contributed by atoms with Gasteiger partial charge in [0.15, 0.2) is 0 Å². The van der Waals surface area contributed by atoms with E-state index in [2.05, 4.69) is 16.2 Å². The number of carbonyl (C=O) groups excluding carboxylic acids is 3. The highest BCUT2D eigenvalue weighted by atomic mass is 35.5. The molecule has 0 fully saturated rings. The highest BCUT2D eigenvalue weighted by Crippen LogP contribution is 2.29. The van der Waals surface area contributed by atoms with E-state index in [0.717, 1.165) is 5.56 Å². The number of benzene rings is 1. The van der Waals surface area contributed by atoms with Crippen LogP contribution in [0.25, 0.3) is 0 Å². The van der Waals surface area contributed by atoms with Gasteiger partial charge in [-0.1, -0.05) is 11.6 Å². The Kier molecular flexibility index (Phi) is 5.44. The van der Waals surface area contributed by atoms with E-state index < -0.39 is 23.6 Å². The van der Waals surface area contributed by atoms with Crippen LogP contribution in [0.1, 0.15) is 19.4 Å². The van der Waals surface area contributed by atoms with Crippen molar-refractivity contribution in [3.63, 3.8) is 0 Å². The molecule has 23 heavy (non-hydrogen) atoms. The van der Waals surface area contributed by atoms with Crippen LogP contribution in [0.5, 0.6) is 5.75 Å². The first-order valence-corrected chi connectivity index (χ1v) is 7.56. The summed E-state index contributed by atoms with van der Waals surface area (Å²) in [6, 6.07) is 5.04. The lowest BCUT2D eigenvalue weighted by Gasteiger charge is -2.24. The van der Waals surface area contributed by atoms with Crippen LogP contribution in [0.2, 0.25) is 5.02 Å². The maximum Gasteiger partial charge on any atom is 0.327 e. The zero-order chi connectivity index (χ0) is 17.0. The first kappa shape index (κ1) is 17.1. The van der Waals surface area contributed by atoms with E-state index in [-0.39, 0.29) is 12.6 Å². The second-order valence-corrected chi connectivity index (χ2v) is 5.97. The van der Waals surface area contributed by atoms with Crippen molar-refractivity contribution < 1.29 is 19.1 Å². The Labute approximate surface area is 138 Å². The quantitative estimate of drug-likeness (QED) is 0.542. The first-order chi connectivity index (χ1) is 10.9. The summed E-state index contributed by atoms with van der Waals surface area (Å²) in [5.41, 5.74) is 5.15. The largest absolute Gasteiger partial charge is 0.492 e. The van der Waals surface area contributed by atoms with Crippen LogP contribution in [-0.2, 0) is 20.8 Å². The molecule has 1 heterocycles. The number of carbonyl (C=O) groups is 3. The van der Waals surface area contributed by atoms with Gasteiger partial charge in [0.25, 0.3) is 0 Å². The summed E-state index contributed by atoms with van der Waals surface area (Å²) in [5, 5.41) is 2.99. The number of halogens is 1. The molecule has 1 aromatic carbocycles. The van der Waals surface area contributed by atoms with Crippen molar-refractivity contribution in [3.05, 3.63) is 28.8 Å². The van der Waals surface area contributed by atoms with E-state index >= 15 is 0 Å². The predicted octanol–water partition coefficient (Wildman–Crippen LogP) is 0.563. The standard InChI is InChI=1S/C15H18ClN3O4/c1-8(2)17-14(21)15(22)19-18-13(20)10-5-9-6-11(16)3-4-12(9)23-7-10/h3-4,6,8,10H,5,7H2,1-2H3,(H,17,21)(H,18,20)(H,19,22)/t10-/m0/s1. The van der Waals surface area contributed by atoms with Gasteiger partial charge in [-0.25, -0.2) is 0 Å². The van der Waals surface area contributed by atoms with Crippen LogP contribution < -0.4 is 20.9 Å². The fourth-order valence-corrected chi connectivity index (χ4v) is 2.33. The average Bonchev–Trinajstić information content (AvgIpc) is 2.50. The van der Waals surface area contributed by atoms with Crippen molar-refractivity contribution >= 4 is 29.3 Å². The van der Waals surface area contributed by atoms with Gasteiger partial charge in [-0.05, 0) is 44.0 Å². The highest BCUT2D eigenvalue weighted by Gasteiger charge is 2.27. The van der Waals surface area contributed by atoms with Gasteiger partial charge >= 0.3 is 11.8 Å². The Bertz CT molecular complexity index is 633. The van der Waals surface area contributed by atoms with Gasteiger partial charge in [0.2, 0.25) is 5.91 Å². The topological polar surface area (TPSA) is 96.5 Å². The summed E-state index contributed by atoms with van der Waals surface area (Å²) in [7, 11) is 0. The molecule has 2 rings (SSSR count). The number of nitrogens with one attached hydrogen (secondary N) is 3. The predicted molar refractivity (Wildman–Crippen MR) is 83.7 cm³/mol. The molecule has 0 saturated carbocycles. The third-order valence-electron chi connectivity index (χ3n) is 3.22. The number of fused-ring (bicyclic) bond motifs is 1. The zero-order valence-electron chi connectivity index (χ0n) is 12.8. The van der Waals surface area contributed by atoms with Crippen LogP contribution in [0.3, 0.4) is 0 Å². The van der Waals surface area contributed by atoms with Gasteiger partial charge in [-0.2, -0.15) is 0 Å². The zero-order valence-corrected chi connectivity index (χ0v) is 13.6. The summed E-state index contributed by atoms with van der Waals surface area (Å²) in [6.45, 7) is 3.64. The molecule has 3 N–H and O–H groups in total. The van der Waals surface area contributed by atoms with E-state index in [4.69, 9.17) is 16.3 Å². The fraction of sp³-hybridized carbons (Fsp3) is 0.400.